The maximum Gasteiger partial charge on any atom is 0.219 e. The zero-order chi connectivity index (χ0) is 9.87. The van der Waals surface area contributed by atoms with Crippen molar-refractivity contribution in [1.82, 2.24) is 9.80 Å². The molecule has 3 aliphatic rings. The van der Waals surface area contributed by atoms with E-state index in [1.54, 1.807) is 6.92 Å². The van der Waals surface area contributed by atoms with Crippen LogP contribution in [-0.4, -0.2) is 60.1 Å². The third kappa shape index (κ3) is 0.929. The van der Waals surface area contributed by atoms with Crippen LogP contribution in [0.15, 0.2) is 0 Å². The van der Waals surface area contributed by atoms with Crippen LogP contribution in [0.3, 0.4) is 0 Å². The molecule has 3 saturated heterocycles. The quantitative estimate of drug-likeness (QED) is 0.576. The summed E-state index contributed by atoms with van der Waals surface area (Å²) < 4.78 is 5.90. The van der Waals surface area contributed by atoms with Crippen LogP contribution in [0.2, 0.25) is 0 Å². The minimum Gasteiger partial charge on any atom is -0.370 e. The van der Waals surface area contributed by atoms with E-state index in [-0.39, 0.29) is 12.0 Å². The Morgan fingerprint density at radius 3 is 2.93 bits per heavy atom. The first-order chi connectivity index (χ1) is 6.68. The molecule has 0 aromatic carbocycles. The Kier molecular flexibility index (Phi) is 1.67. The fourth-order valence-electron chi connectivity index (χ4n) is 3.24. The average molecular weight is 196 g/mol. The molecule has 14 heavy (non-hydrogen) atoms. The van der Waals surface area contributed by atoms with Gasteiger partial charge in [0.1, 0.15) is 0 Å². The van der Waals surface area contributed by atoms with Gasteiger partial charge in [-0.25, -0.2) is 0 Å². The summed E-state index contributed by atoms with van der Waals surface area (Å²) in [5.41, 5.74) is 0. The van der Waals surface area contributed by atoms with Crippen molar-refractivity contribution in [2.75, 3.05) is 20.1 Å². The highest BCUT2D eigenvalue weighted by molar-refractivity contribution is 5.73. The lowest BCUT2D eigenvalue weighted by atomic mass is 10.1. The molecule has 0 spiro atoms. The number of ether oxygens (including phenoxy) is 1. The van der Waals surface area contributed by atoms with Gasteiger partial charge in [0.05, 0.1) is 24.3 Å². The van der Waals surface area contributed by atoms with Crippen LogP contribution in [0.5, 0.6) is 0 Å². The zero-order valence-electron chi connectivity index (χ0n) is 8.64. The van der Waals surface area contributed by atoms with Gasteiger partial charge < -0.3 is 9.64 Å². The standard InChI is InChI=1S/C10H16N2O2/c1-6(13)11(2)9-8-5-12-4-3-7(14-8)10(9)12/h7-10H,3-5H2,1-2H3/t7-,8-,9-,10+/m1/s1. The molecule has 2 bridgehead atoms. The molecule has 4 atom stereocenters. The summed E-state index contributed by atoms with van der Waals surface area (Å²) in [5.74, 6) is 0.151. The lowest BCUT2D eigenvalue weighted by Crippen LogP contribution is -2.45. The lowest BCUT2D eigenvalue weighted by Gasteiger charge is -2.26. The highest BCUT2D eigenvalue weighted by atomic mass is 16.5. The van der Waals surface area contributed by atoms with Crippen molar-refractivity contribution in [3.05, 3.63) is 0 Å². The van der Waals surface area contributed by atoms with Gasteiger partial charge in [-0.05, 0) is 6.42 Å². The summed E-state index contributed by atoms with van der Waals surface area (Å²) in [4.78, 5) is 15.7. The molecular formula is C10H16N2O2. The van der Waals surface area contributed by atoms with E-state index >= 15 is 0 Å². The van der Waals surface area contributed by atoms with Gasteiger partial charge in [0, 0.05) is 27.1 Å². The Hall–Kier alpha value is -0.610. The molecule has 4 heteroatoms. The molecule has 1 amide bonds. The van der Waals surface area contributed by atoms with E-state index in [0.29, 0.717) is 18.2 Å². The molecule has 0 unspecified atom stereocenters. The lowest BCUT2D eigenvalue weighted by molar-refractivity contribution is -0.130. The van der Waals surface area contributed by atoms with Crippen molar-refractivity contribution < 1.29 is 9.53 Å². The first-order valence-electron chi connectivity index (χ1n) is 5.31. The maximum atomic E-state index is 11.3. The highest BCUT2D eigenvalue weighted by Crippen LogP contribution is 2.41. The molecule has 3 aliphatic heterocycles. The summed E-state index contributed by atoms with van der Waals surface area (Å²) >= 11 is 0. The molecule has 0 aromatic rings. The topological polar surface area (TPSA) is 32.8 Å². The molecule has 0 N–H and O–H groups in total. The van der Waals surface area contributed by atoms with Crippen LogP contribution in [0, 0.1) is 0 Å². The number of nitrogens with zero attached hydrogens (tertiary/aromatic N) is 2. The molecular weight excluding hydrogens is 180 g/mol. The van der Waals surface area contributed by atoms with Crippen molar-refractivity contribution in [3.63, 3.8) is 0 Å². The fourth-order valence-corrected chi connectivity index (χ4v) is 3.24. The fraction of sp³-hybridized carbons (Fsp3) is 0.900. The van der Waals surface area contributed by atoms with Crippen LogP contribution in [0.4, 0.5) is 0 Å². The molecule has 4 nitrogen and oxygen atoms in total. The third-order valence-electron chi connectivity index (χ3n) is 3.94. The minimum atomic E-state index is 0.151. The van der Waals surface area contributed by atoms with E-state index in [2.05, 4.69) is 4.90 Å². The molecule has 0 radical (unpaired) electrons. The predicted octanol–water partition coefficient (Wildman–Crippen LogP) is -0.311. The first-order valence-corrected chi connectivity index (χ1v) is 5.31. The van der Waals surface area contributed by atoms with Crippen molar-refractivity contribution >= 4 is 5.91 Å². The SMILES string of the molecule is CC(=O)N(C)[C@H]1[C@@H]2[C@H]3CCN2C[C@H]1O3. The molecule has 3 heterocycles. The van der Waals surface area contributed by atoms with Crippen LogP contribution < -0.4 is 0 Å². The van der Waals surface area contributed by atoms with Crippen LogP contribution in [-0.2, 0) is 9.53 Å². The summed E-state index contributed by atoms with van der Waals surface area (Å²) in [6.07, 6.45) is 1.80. The molecule has 0 saturated carbocycles. The summed E-state index contributed by atoms with van der Waals surface area (Å²) in [7, 11) is 1.90. The Balaban J connectivity index is 1.87. The monoisotopic (exact) mass is 196 g/mol. The molecule has 78 valence electrons. The van der Waals surface area contributed by atoms with E-state index in [9.17, 15) is 4.79 Å². The number of likely N-dealkylation sites (N-methyl/N-ethyl adjacent to an activating group) is 1. The molecule has 3 fully saturated rings. The van der Waals surface area contributed by atoms with Gasteiger partial charge in [0.15, 0.2) is 0 Å². The third-order valence-corrected chi connectivity index (χ3v) is 3.94. The first kappa shape index (κ1) is 8.68. The molecule has 0 aliphatic carbocycles. The second-order valence-corrected chi connectivity index (χ2v) is 4.61. The van der Waals surface area contributed by atoms with Crippen molar-refractivity contribution in [1.29, 1.82) is 0 Å². The largest absolute Gasteiger partial charge is 0.370 e. The van der Waals surface area contributed by atoms with E-state index in [1.165, 1.54) is 0 Å². The van der Waals surface area contributed by atoms with Crippen LogP contribution in [0.25, 0.3) is 0 Å². The molecule has 0 aromatic heterocycles. The van der Waals surface area contributed by atoms with Crippen LogP contribution in [0.1, 0.15) is 13.3 Å². The van der Waals surface area contributed by atoms with Gasteiger partial charge in [-0.2, -0.15) is 0 Å². The maximum absolute atomic E-state index is 11.3. The number of carbonyl (C=O) groups is 1. The second kappa shape index (κ2) is 2.70. The predicted molar refractivity (Wildman–Crippen MR) is 50.9 cm³/mol. The minimum absolute atomic E-state index is 0.151. The Bertz CT molecular complexity index is 267. The van der Waals surface area contributed by atoms with Gasteiger partial charge in [-0.1, -0.05) is 0 Å². The van der Waals surface area contributed by atoms with Gasteiger partial charge >= 0.3 is 0 Å². The Morgan fingerprint density at radius 2 is 2.29 bits per heavy atom. The number of hydrogen-bond donors (Lipinski definition) is 0. The van der Waals surface area contributed by atoms with Gasteiger partial charge in [-0.3, -0.25) is 9.69 Å². The summed E-state index contributed by atoms with van der Waals surface area (Å²) in [5, 5.41) is 0. The van der Waals surface area contributed by atoms with Gasteiger partial charge in [0.25, 0.3) is 0 Å². The van der Waals surface area contributed by atoms with Crippen molar-refractivity contribution in [2.45, 2.75) is 37.6 Å². The highest BCUT2D eigenvalue weighted by Gasteiger charge is 2.58. The number of amides is 1. The van der Waals surface area contributed by atoms with E-state index in [4.69, 9.17) is 4.74 Å². The average Bonchev–Trinajstić information content (AvgIpc) is 2.70. The zero-order valence-corrected chi connectivity index (χ0v) is 8.64. The van der Waals surface area contributed by atoms with E-state index in [0.717, 1.165) is 19.5 Å². The Morgan fingerprint density at radius 1 is 1.50 bits per heavy atom. The summed E-state index contributed by atoms with van der Waals surface area (Å²) in [6.45, 7) is 3.80. The molecule has 3 rings (SSSR count). The van der Waals surface area contributed by atoms with E-state index in [1.807, 2.05) is 11.9 Å². The Labute approximate surface area is 83.8 Å². The van der Waals surface area contributed by atoms with Crippen molar-refractivity contribution in [2.24, 2.45) is 0 Å². The summed E-state index contributed by atoms with van der Waals surface area (Å²) in [6, 6.07) is 0.786. The number of rotatable bonds is 1. The normalized spacial score (nSPS) is 44.7. The number of carbonyl (C=O) groups excluding carboxylic acids is 1. The van der Waals surface area contributed by atoms with Gasteiger partial charge in [-0.15, -0.1) is 0 Å². The van der Waals surface area contributed by atoms with Crippen molar-refractivity contribution in [3.8, 4) is 0 Å². The number of hydrogen-bond acceptors (Lipinski definition) is 3. The van der Waals surface area contributed by atoms with Crippen LogP contribution >= 0.6 is 0 Å². The number of fused-ring (bicyclic) bond motifs is 1. The smallest absolute Gasteiger partial charge is 0.219 e. The van der Waals surface area contributed by atoms with Gasteiger partial charge in [0.2, 0.25) is 5.91 Å². The number of morpholine rings is 1. The second-order valence-electron chi connectivity index (χ2n) is 4.61. The van der Waals surface area contributed by atoms with E-state index < -0.39 is 0 Å².